The summed E-state index contributed by atoms with van der Waals surface area (Å²) in [6.45, 7) is 3.64. The number of nitrogens with zero attached hydrogens (tertiary/aromatic N) is 2. The molecule has 0 spiro atoms. The smallest absolute Gasteiger partial charge is 0.0917 e. The van der Waals surface area contributed by atoms with Gasteiger partial charge in [-0.1, -0.05) is 0 Å². The van der Waals surface area contributed by atoms with Crippen molar-refractivity contribution >= 4 is 0 Å². The van der Waals surface area contributed by atoms with Gasteiger partial charge in [-0.3, -0.25) is 0 Å². The number of aliphatic hydroxyl groups is 1. The van der Waals surface area contributed by atoms with Gasteiger partial charge in [-0.2, -0.15) is 10.2 Å². The van der Waals surface area contributed by atoms with Crippen LogP contribution in [0.3, 0.4) is 0 Å². The van der Waals surface area contributed by atoms with Crippen molar-refractivity contribution in [2.45, 2.75) is 26.4 Å². The summed E-state index contributed by atoms with van der Waals surface area (Å²) in [5.74, 6) is 2.41. The SMILES string of the molecule is C#CCC(O)c1cc(C)nnc1C. The number of aromatic nitrogens is 2. The number of aryl methyl sites for hydroxylation is 2. The van der Waals surface area contributed by atoms with Crippen molar-refractivity contribution in [1.29, 1.82) is 0 Å². The average Bonchev–Trinajstić information content (AvgIpc) is 2.09. The van der Waals surface area contributed by atoms with Crippen LogP contribution in [0.15, 0.2) is 6.07 Å². The summed E-state index contributed by atoms with van der Waals surface area (Å²) in [4.78, 5) is 0. The quantitative estimate of drug-likeness (QED) is 0.687. The predicted octanol–water partition coefficient (Wildman–Crippen LogP) is 1.15. The highest BCUT2D eigenvalue weighted by atomic mass is 16.3. The van der Waals surface area contributed by atoms with E-state index in [1.807, 2.05) is 19.9 Å². The Morgan fingerprint density at radius 1 is 1.54 bits per heavy atom. The fourth-order valence-corrected chi connectivity index (χ4v) is 1.13. The number of rotatable bonds is 2. The standard InChI is InChI=1S/C10H12N2O/c1-4-5-10(13)9-6-7(2)11-12-8(9)3/h1,6,10,13H,5H2,2-3H3. The van der Waals surface area contributed by atoms with Gasteiger partial charge in [0.15, 0.2) is 0 Å². The highest BCUT2D eigenvalue weighted by molar-refractivity contribution is 5.23. The molecule has 1 unspecified atom stereocenters. The Morgan fingerprint density at radius 3 is 2.85 bits per heavy atom. The molecule has 3 heteroatoms. The van der Waals surface area contributed by atoms with Crippen molar-refractivity contribution in [2.24, 2.45) is 0 Å². The van der Waals surface area contributed by atoms with Gasteiger partial charge in [0.05, 0.1) is 17.5 Å². The van der Waals surface area contributed by atoms with Crippen LogP contribution in [0.5, 0.6) is 0 Å². The molecule has 68 valence electrons. The van der Waals surface area contributed by atoms with E-state index in [4.69, 9.17) is 6.42 Å². The zero-order chi connectivity index (χ0) is 9.84. The maximum atomic E-state index is 9.62. The Labute approximate surface area is 77.8 Å². The van der Waals surface area contributed by atoms with Gasteiger partial charge in [0.25, 0.3) is 0 Å². The van der Waals surface area contributed by atoms with E-state index in [1.165, 1.54) is 0 Å². The molecule has 0 radical (unpaired) electrons. The Kier molecular flexibility index (Phi) is 2.99. The molecule has 3 nitrogen and oxygen atoms in total. The van der Waals surface area contributed by atoms with Crippen LogP contribution in [-0.2, 0) is 0 Å². The molecule has 0 saturated heterocycles. The molecule has 0 bridgehead atoms. The van der Waals surface area contributed by atoms with Crippen LogP contribution in [-0.4, -0.2) is 15.3 Å². The zero-order valence-electron chi connectivity index (χ0n) is 7.78. The summed E-state index contributed by atoms with van der Waals surface area (Å²) >= 11 is 0. The molecule has 0 aliphatic heterocycles. The fourth-order valence-electron chi connectivity index (χ4n) is 1.13. The summed E-state index contributed by atoms with van der Waals surface area (Å²) in [6, 6.07) is 1.81. The molecule has 1 atom stereocenters. The van der Waals surface area contributed by atoms with Gasteiger partial charge < -0.3 is 5.11 Å². The maximum absolute atomic E-state index is 9.62. The van der Waals surface area contributed by atoms with Gasteiger partial charge in [-0.15, -0.1) is 12.3 Å². The highest BCUT2D eigenvalue weighted by Gasteiger charge is 2.10. The number of aliphatic hydroxyl groups excluding tert-OH is 1. The summed E-state index contributed by atoms with van der Waals surface area (Å²) < 4.78 is 0. The normalized spacial score (nSPS) is 12.2. The molecule has 1 aromatic rings. The first-order valence-electron chi connectivity index (χ1n) is 4.07. The molecular weight excluding hydrogens is 164 g/mol. The monoisotopic (exact) mass is 176 g/mol. The number of terminal acetylenes is 1. The van der Waals surface area contributed by atoms with Crippen LogP contribution < -0.4 is 0 Å². The minimum absolute atomic E-state index is 0.311. The average molecular weight is 176 g/mol. The third-order valence-electron chi connectivity index (χ3n) is 1.81. The van der Waals surface area contributed by atoms with Crippen LogP contribution >= 0.6 is 0 Å². The lowest BCUT2D eigenvalue weighted by Gasteiger charge is -2.09. The van der Waals surface area contributed by atoms with Gasteiger partial charge in [-0.05, 0) is 19.9 Å². The van der Waals surface area contributed by atoms with Crippen molar-refractivity contribution in [1.82, 2.24) is 10.2 Å². The predicted molar refractivity (Wildman–Crippen MR) is 49.9 cm³/mol. The highest BCUT2D eigenvalue weighted by Crippen LogP contribution is 2.18. The summed E-state index contributed by atoms with van der Waals surface area (Å²) in [5, 5.41) is 17.4. The van der Waals surface area contributed by atoms with Crippen LogP contribution in [0.25, 0.3) is 0 Å². The van der Waals surface area contributed by atoms with E-state index in [0.717, 1.165) is 17.0 Å². The van der Waals surface area contributed by atoms with Gasteiger partial charge in [0.1, 0.15) is 0 Å². The minimum atomic E-state index is -0.626. The van der Waals surface area contributed by atoms with Gasteiger partial charge in [0, 0.05) is 12.0 Å². The molecule has 1 aromatic heterocycles. The second-order valence-electron chi connectivity index (χ2n) is 2.95. The molecular formula is C10H12N2O. The zero-order valence-corrected chi connectivity index (χ0v) is 7.78. The fraction of sp³-hybridized carbons (Fsp3) is 0.400. The molecule has 0 amide bonds. The van der Waals surface area contributed by atoms with E-state index in [0.29, 0.717) is 6.42 Å². The first kappa shape index (κ1) is 9.69. The van der Waals surface area contributed by atoms with E-state index in [2.05, 4.69) is 16.1 Å². The van der Waals surface area contributed by atoms with Gasteiger partial charge in [-0.25, -0.2) is 0 Å². The molecule has 0 fully saturated rings. The van der Waals surface area contributed by atoms with Crippen LogP contribution in [0.1, 0.15) is 29.5 Å². The summed E-state index contributed by atoms with van der Waals surface area (Å²) in [7, 11) is 0. The Hall–Kier alpha value is -1.40. The lowest BCUT2D eigenvalue weighted by Crippen LogP contribution is -2.03. The Bertz CT molecular complexity index is 341. The molecule has 1 rings (SSSR count). The van der Waals surface area contributed by atoms with Crippen LogP contribution in [0, 0.1) is 26.2 Å². The lowest BCUT2D eigenvalue weighted by molar-refractivity contribution is 0.182. The molecule has 0 aromatic carbocycles. The summed E-state index contributed by atoms with van der Waals surface area (Å²) in [5.41, 5.74) is 2.29. The minimum Gasteiger partial charge on any atom is -0.387 e. The first-order valence-corrected chi connectivity index (χ1v) is 4.07. The van der Waals surface area contributed by atoms with E-state index < -0.39 is 6.10 Å². The molecule has 1 N–H and O–H groups in total. The largest absolute Gasteiger partial charge is 0.387 e. The van der Waals surface area contributed by atoms with Gasteiger partial charge >= 0.3 is 0 Å². The number of hydrogen-bond acceptors (Lipinski definition) is 3. The van der Waals surface area contributed by atoms with Crippen molar-refractivity contribution in [3.05, 3.63) is 23.0 Å². The molecule has 0 aliphatic rings. The van der Waals surface area contributed by atoms with Crippen LogP contribution in [0.4, 0.5) is 0 Å². The Balaban J connectivity index is 3.00. The Morgan fingerprint density at radius 2 is 2.23 bits per heavy atom. The third kappa shape index (κ3) is 2.27. The van der Waals surface area contributed by atoms with E-state index >= 15 is 0 Å². The number of hydrogen-bond donors (Lipinski definition) is 1. The van der Waals surface area contributed by atoms with Crippen molar-refractivity contribution < 1.29 is 5.11 Å². The topological polar surface area (TPSA) is 46.0 Å². The maximum Gasteiger partial charge on any atom is 0.0917 e. The van der Waals surface area contributed by atoms with E-state index in [-0.39, 0.29) is 0 Å². The summed E-state index contributed by atoms with van der Waals surface area (Å²) in [6.07, 6.45) is 4.79. The molecule has 0 aliphatic carbocycles. The molecule has 13 heavy (non-hydrogen) atoms. The first-order chi connectivity index (χ1) is 6.15. The molecule has 0 saturated carbocycles. The van der Waals surface area contributed by atoms with Crippen LogP contribution in [0.2, 0.25) is 0 Å². The van der Waals surface area contributed by atoms with Crippen molar-refractivity contribution in [3.8, 4) is 12.3 Å². The lowest BCUT2D eigenvalue weighted by atomic mass is 10.1. The van der Waals surface area contributed by atoms with E-state index in [9.17, 15) is 5.11 Å². The second-order valence-corrected chi connectivity index (χ2v) is 2.95. The van der Waals surface area contributed by atoms with E-state index in [1.54, 1.807) is 0 Å². The van der Waals surface area contributed by atoms with Crippen molar-refractivity contribution in [2.75, 3.05) is 0 Å². The second kappa shape index (κ2) is 4.01. The molecule has 1 heterocycles. The third-order valence-corrected chi connectivity index (χ3v) is 1.81. The van der Waals surface area contributed by atoms with Gasteiger partial charge in [0.2, 0.25) is 0 Å². The van der Waals surface area contributed by atoms with Crippen molar-refractivity contribution in [3.63, 3.8) is 0 Å².